The van der Waals surface area contributed by atoms with Crippen molar-refractivity contribution in [1.82, 2.24) is 0 Å². The Morgan fingerprint density at radius 1 is 0.647 bits per heavy atom. The van der Waals surface area contributed by atoms with Gasteiger partial charge in [-0.1, -0.05) is 0 Å². The van der Waals surface area contributed by atoms with Crippen LogP contribution < -0.4 is 0 Å². The van der Waals surface area contributed by atoms with Crippen molar-refractivity contribution in [3.05, 3.63) is 11.9 Å². The first-order valence-electron chi connectivity index (χ1n) is 3.41. The lowest BCUT2D eigenvalue weighted by Gasteiger charge is -2.28. The molecule has 11 heteroatoms. The molecule has 0 unspecified atom stereocenters. The average molecular weight is 282 g/mol. The molecule has 0 atom stereocenters. The summed E-state index contributed by atoms with van der Waals surface area (Å²) in [7, 11) is 0. The van der Waals surface area contributed by atoms with Crippen molar-refractivity contribution in [2.75, 3.05) is 0 Å². The van der Waals surface area contributed by atoms with E-state index in [1.54, 1.807) is 0 Å². The van der Waals surface area contributed by atoms with Crippen LogP contribution in [0.2, 0.25) is 0 Å². The van der Waals surface area contributed by atoms with Crippen LogP contribution in [0.25, 0.3) is 0 Å². The summed E-state index contributed by atoms with van der Waals surface area (Å²) in [5, 5.41) is 0. The maximum atomic E-state index is 12.5. The third-order valence-electron chi connectivity index (χ3n) is 1.40. The first kappa shape index (κ1) is 16.0. The van der Waals surface area contributed by atoms with Gasteiger partial charge in [0.2, 0.25) is 0 Å². The molecule has 0 rings (SSSR count). The van der Waals surface area contributed by atoms with Crippen LogP contribution in [0.15, 0.2) is 11.9 Å². The summed E-state index contributed by atoms with van der Waals surface area (Å²) >= 11 is 0. The van der Waals surface area contributed by atoms with Crippen molar-refractivity contribution in [2.45, 2.75) is 24.2 Å². The molecule has 0 saturated carbocycles. The van der Waals surface area contributed by atoms with E-state index in [0.29, 0.717) is 0 Å². The Labute approximate surface area is 85.7 Å². The number of rotatable bonds is 1. The molecule has 0 amide bonds. The number of allylic oxidation sites excluding steroid dienone is 2. The topological polar surface area (TPSA) is 0 Å². The SMILES string of the molecule is F/C(=C\C(F)(F)F)C(F)(C(F)(F)F)C(F)(F)F. The van der Waals surface area contributed by atoms with Crippen molar-refractivity contribution < 1.29 is 48.3 Å². The number of halogens is 11. The fourth-order valence-electron chi connectivity index (χ4n) is 0.675. The van der Waals surface area contributed by atoms with E-state index < -0.39 is 36.1 Å². The molecule has 0 aliphatic carbocycles. The molecule has 0 radical (unpaired) electrons. The fourth-order valence-corrected chi connectivity index (χ4v) is 0.675. The highest BCUT2D eigenvalue weighted by molar-refractivity contribution is 5.19. The Bertz CT molecular complexity index is 285. The predicted molar refractivity (Wildman–Crippen MR) is 31.2 cm³/mol. The second kappa shape index (κ2) is 4.02. The van der Waals surface area contributed by atoms with Gasteiger partial charge in [-0.25, -0.2) is 8.78 Å². The second-order valence-corrected chi connectivity index (χ2v) is 2.69. The Balaban J connectivity index is 5.78. The van der Waals surface area contributed by atoms with Gasteiger partial charge >= 0.3 is 24.2 Å². The molecule has 0 aromatic rings. The third-order valence-corrected chi connectivity index (χ3v) is 1.40. The van der Waals surface area contributed by atoms with Gasteiger partial charge in [0.05, 0.1) is 6.08 Å². The summed E-state index contributed by atoms with van der Waals surface area (Å²) in [5.74, 6) is -4.02. The van der Waals surface area contributed by atoms with Gasteiger partial charge in [0.1, 0.15) is 0 Å². The maximum absolute atomic E-state index is 12.5. The fraction of sp³-hybridized carbons (Fsp3) is 0.667. The van der Waals surface area contributed by atoms with Gasteiger partial charge < -0.3 is 0 Å². The third kappa shape index (κ3) is 3.22. The minimum Gasteiger partial charge on any atom is -0.215 e. The smallest absolute Gasteiger partial charge is 0.215 e. The molecule has 0 aliphatic rings. The van der Waals surface area contributed by atoms with Gasteiger partial charge in [0.25, 0.3) is 0 Å². The summed E-state index contributed by atoms with van der Waals surface area (Å²) < 4.78 is 129. The molecule has 0 nitrogen and oxygen atoms in total. The summed E-state index contributed by atoms with van der Waals surface area (Å²) in [6.45, 7) is 0. The van der Waals surface area contributed by atoms with Crippen LogP contribution >= 0.6 is 0 Å². The number of alkyl halides is 10. The van der Waals surface area contributed by atoms with Crippen LogP contribution in [-0.4, -0.2) is 24.2 Å². The van der Waals surface area contributed by atoms with E-state index in [0.717, 1.165) is 0 Å². The lowest BCUT2D eigenvalue weighted by Crippen LogP contribution is -2.54. The highest BCUT2D eigenvalue weighted by atomic mass is 19.4. The van der Waals surface area contributed by atoms with Crippen LogP contribution in [0.3, 0.4) is 0 Å². The quantitative estimate of drug-likeness (QED) is 0.631. The zero-order chi connectivity index (χ0) is 14.3. The molecule has 0 saturated heterocycles. The predicted octanol–water partition coefficient (Wildman–Crippen LogP) is 4.24. The lowest BCUT2D eigenvalue weighted by molar-refractivity contribution is -0.331. The summed E-state index contributed by atoms with van der Waals surface area (Å²) in [5.41, 5.74) is -6.68. The van der Waals surface area contributed by atoms with E-state index in [1.807, 2.05) is 0 Å². The largest absolute Gasteiger partial charge is 0.438 e. The first-order valence-corrected chi connectivity index (χ1v) is 3.41. The van der Waals surface area contributed by atoms with E-state index in [9.17, 15) is 48.3 Å². The molecule has 0 fully saturated rings. The van der Waals surface area contributed by atoms with E-state index in [4.69, 9.17) is 0 Å². The average Bonchev–Trinajstić information content (AvgIpc) is 1.94. The van der Waals surface area contributed by atoms with E-state index in [2.05, 4.69) is 0 Å². The normalized spacial score (nSPS) is 16.3. The summed E-state index contributed by atoms with van der Waals surface area (Å²) in [6.07, 6.45) is -21.7. The molecular weight excluding hydrogens is 281 g/mol. The van der Waals surface area contributed by atoms with Gasteiger partial charge in [-0.2, -0.15) is 39.5 Å². The Morgan fingerprint density at radius 3 is 1.12 bits per heavy atom. The van der Waals surface area contributed by atoms with Crippen molar-refractivity contribution in [3.63, 3.8) is 0 Å². The Hall–Kier alpha value is -1.03. The Kier molecular flexibility index (Phi) is 3.77. The Morgan fingerprint density at radius 2 is 0.941 bits per heavy atom. The molecule has 102 valence electrons. The molecule has 0 aliphatic heterocycles. The van der Waals surface area contributed by atoms with Crippen LogP contribution in [0, 0.1) is 0 Å². The van der Waals surface area contributed by atoms with E-state index in [-0.39, 0.29) is 0 Å². The molecule has 0 spiro atoms. The molecule has 0 aromatic heterocycles. The van der Waals surface area contributed by atoms with Gasteiger partial charge in [0.15, 0.2) is 5.83 Å². The molecule has 0 N–H and O–H groups in total. The molecule has 0 heterocycles. The van der Waals surface area contributed by atoms with Crippen molar-refractivity contribution in [1.29, 1.82) is 0 Å². The minimum absolute atomic E-state index is 2.03. The van der Waals surface area contributed by atoms with Crippen molar-refractivity contribution in [2.24, 2.45) is 0 Å². The summed E-state index contributed by atoms with van der Waals surface area (Å²) in [6, 6.07) is 0. The van der Waals surface area contributed by atoms with Crippen LogP contribution in [-0.2, 0) is 0 Å². The monoisotopic (exact) mass is 282 g/mol. The summed E-state index contributed by atoms with van der Waals surface area (Å²) in [4.78, 5) is 0. The highest BCUT2D eigenvalue weighted by Gasteiger charge is 2.76. The number of hydrogen-bond donors (Lipinski definition) is 0. The maximum Gasteiger partial charge on any atom is 0.438 e. The zero-order valence-corrected chi connectivity index (χ0v) is 7.23. The van der Waals surface area contributed by atoms with E-state index in [1.165, 1.54) is 0 Å². The van der Waals surface area contributed by atoms with Crippen molar-refractivity contribution >= 4 is 0 Å². The van der Waals surface area contributed by atoms with Gasteiger partial charge in [-0.15, -0.1) is 0 Å². The van der Waals surface area contributed by atoms with Gasteiger partial charge in [0, 0.05) is 0 Å². The first-order chi connectivity index (χ1) is 7.13. The lowest BCUT2D eigenvalue weighted by atomic mass is 10.0. The highest BCUT2D eigenvalue weighted by Crippen LogP contribution is 2.51. The molecule has 17 heavy (non-hydrogen) atoms. The van der Waals surface area contributed by atoms with Gasteiger partial charge in [-0.3, -0.25) is 0 Å². The van der Waals surface area contributed by atoms with Gasteiger partial charge in [-0.05, 0) is 0 Å². The number of hydrogen-bond acceptors (Lipinski definition) is 0. The second-order valence-electron chi connectivity index (χ2n) is 2.69. The van der Waals surface area contributed by atoms with Crippen LogP contribution in [0.5, 0.6) is 0 Å². The standard InChI is InChI=1S/C6HF11/c7-2(1-3(8,9)10)4(11,5(12,13)14)6(15,16)17/h1H/b2-1-. The molecular formula is C6HF11. The molecule has 0 aromatic carbocycles. The van der Waals surface area contributed by atoms with Crippen LogP contribution in [0.4, 0.5) is 48.3 Å². The molecule has 0 bridgehead atoms. The van der Waals surface area contributed by atoms with Crippen molar-refractivity contribution in [3.8, 4) is 0 Å². The van der Waals surface area contributed by atoms with E-state index >= 15 is 0 Å². The van der Waals surface area contributed by atoms with Crippen LogP contribution in [0.1, 0.15) is 0 Å². The minimum atomic E-state index is -6.91. The zero-order valence-electron chi connectivity index (χ0n) is 7.23.